The second-order valence-electron chi connectivity index (χ2n) is 6.65. The standard InChI is InChI=1S/C21H23ClN2O2S/c22-17-11-9-16(10-12-17)20(15-6-2-1-3-7-15)27-14-19(25)24-13-5-4-8-18(24)21(23)26/h1-3,6-7,9-12,18,20H,4-5,8,13-14H2,(H2,23,26). The first kappa shape index (κ1) is 19.8. The van der Waals surface area contributed by atoms with Gasteiger partial charge in [-0.25, -0.2) is 0 Å². The Balaban J connectivity index is 1.75. The third kappa shape index (κ3) is 5.05. The van der Waals surface area contributed by atoms with Crippen LogP contribution in [0.2, 0.25) is 5.02 Å². The summed E-state index contributed by atoms with van der Waals surface area (Å²) in [6, 6.07) is 17.3. The first-order valence-electron chi connectivity index (χ1n) is 9.07. The summed E-state index contributed by atoms with van der Waals surface area (Å²) in [6.07, 6.45) is 2.51. The van der Waals surface area contributed by atoms with Crippen molar-refractivity contribution in [1.82, 2.24) is 4.90 Å². The largest absolute Gasteiger partial charge is 0.368 e. The first-order valence-corrected chi connectivity index (χ1v) is 10.5. The summed E-state index contributed by atoms with van der Waals surface area (Å²) >= 11 is 7.59. The number of benzene rings is 2. The lowest BCUT2D eigenvalue weighted by Gasteiger charge is -2.34. The molecule has 1 aliphatic rings. The van der Waals surface area contributed by atoms with Crippen LogP contribution < -0.4 is 5.73 Å². The van der Waals surface area contributed by atoms with E-state index in [1.54, 1.807) is 16.7 Å². The molecule has 0 bridgehead atoms. The molecule has 2 amide bonds. The molecule has 0 spiro atoms. The number of carbonyl (C=O) groups is 2. The number of halogens is 1. The summed E-state index contributed by atoms with van der Waals surface area (Å²) in [5.41, 5.74) is 7.71. The van der Waals surface area contributed by atoms with Gasteiger partial charge in [0.05, 0.1) is 11.0 Å². The second kappa shape index (κ2) is 9.29. The van der Waals surface area contributed by atoms with Crippen molar-refractivity contribution >= 4 is 35.2 Å². The highest BCUT2D eigenvalue weighted by Gasteiger charge is 2.31. The molecule has 6 heteroatoms. The fourth-order valence-electron chi connectivity index (χ4n) is 3.41. The SMILES string of the molecule is NC(=O)C1CCCCN1C(=O)CSC(c1ccccc1)c1ccc(Cl)cc1. The van der Waals surface area contributed by atoms with Gasteiger partial charge in [0.2, 0.25) is 11.8 Å². The van der Waals surface area contributed by atoms with Crippen molar-refractivity contribution in [3.8, 4) is 0 Å². The molecule has 4 nitrogen and oxygen atoms in total. The lowest BCUT2D eigenvalue weighted by atomic mass is 10.0. The minimum atomic E-state index is -0.474. The Labute approximate surface area is 169 Å². The molecule has 1 aliphatic heterocycles. The number of nitrogens with two attached hydrogens (primary N) is 1. The molecule has 0 radical (unpaired) electrons. The predicted octanol–water partition coefficient (Wildman–Crippen LogP) is 4.03. The molecule has 2 N–H and O–H groups in total. The van der Waals surface area contributed by atoms with Gasteiger partial charge in [-0.3, -0.25) is 9.59 Å². The van der Waals surface area contributed by atoms with Gasteiger partial charge in [-0.15, -0.1) is 11.8 Å². The number of carbonyl (C=O) groups excluding carboxylic acids is 2. The van der Waals surface area contributed by atoms with Crippen LogP contribution in [0.25, 0.3) is 0 Å². The first-order chi connectivity index (χ1) is 13.1. The van der Waals surface area contributed by atoms with Crippen molar-refractivity contribution in [1.29, 1.82) is 0 Å². The van der Waals surface area contributed by atoms with Gasteiger partial charge in [-0.05, 0) is 42.5 Å². The highest BCUT2D eigenvalue weighted by atomic mass is 35.5. The molecule has 2 aromatic carbocycles. The Morgan fingerprint density at radius 3 is 2.41 bits per heavy atom. The number of rotatable bonds is 6. The van der Waals surface area contributed by atoms with Crippen molar-refractivity contribution in [2.75, 3.05) is 12.3 Å². The maximum atomic E-state index is 12.8. The summed E-state index contributed by atoms with van der Waals surface area (Å²) in [6.45, 7) is 0.601. The topological polar surface area (TPSA) is 63.4 Å². The van der Waals surface area contributed by atoms with E-state index in [1.165, 1.54) is 0 Å². The van der Waals surface area contributed by atoms with Gasteiger partial charge in [0.15, 0.2) is 0 Å². The van der Waals surface area contributed by atoms with E-state index in [1.807, 2.05) is 42.5 Å². The fraction of sp³-hybridized carbons (Fsp3) is 0.333. The average molecular weight is 403 g/mol. The molecular weight excluding hydrogens is 380 g/mol. The Hall–Kier alpha value is -1.98. The zero-order valence-electron chi connectivity index (χ0n) is 15.0. The Kier molecular flexibility index (Phi) is 6.80. The zero-order chi connectivity index (χ0) is 19.2. The number of nitrogens with zero attached hydrogens (tertiary/aromatic N) is 1. The molecule has 1 saturated heterocycles. The minimum Gasteiger partial charge on any atom is -0.368 e. The van der Waals surface area contributed by atoms with Gasteiger partial charge in [0.25, 0.3) is 0 Å². The van der Waals surface area contributed by atoms with Gasteiger partial charge < -0.3 is 10.6 Å². The van der Waals surface area contributed by atoms with E-state index in [-0.39, 0.29) is 11.2 Å². The van der Waals surface area contributed by atoms with Crippen LogP contribution in [0.5, 0.6) is 0 Å². The summed E-state index contributed by atoms with van der Waals surface area (Å²) in [5, 5.41) is 0.702. The van der Waals surface area contributed by atoms with Crippen LogP contribution in [-0.4, -0.2) is 35.1 Å². The van der Waals surface area contributed by atoms with E-state index in [9.17, 15) is 9.59 Å². The summed E-state index contributed by atoms with van der Waals surface area (Å²) in [4.78, 5) is 26.2. The van der Waals surface area contributed by atoms with E-state index in [0.717, 1.165) is 24.0 Å². The number of amides is 2. The monoisotopic (exact) mass is 402 g/mol. The summed E-state index contributed by atoms with van der Waals surface area (Å²) in [5.74, 6) is -0.143. The fourth-order valence-corrected chi connectivity index (χ4v) is 4.71. The lowest BCUT2D eigenvalue weighted by molar-refractivity contribution is -0.138. The smallest absolute Gasteiger partial charge is 0.240 e. The van der Waals surface area contributed by atoms with Crippen molar-refractivity contribution in [3.63, 3.8) is 0 Å². The predicted molar refractivity (Wildman–Crippen MR) is 111 cm³/mol. The van der Waals surface area contributed by atoms with Gasteiger partial charge >= 0.3 is 0 Å². The molecule has 1 heterocycles. The number of thioether (sulfide) groups is 1. The second-order valence-corrected chi connectivity index (χ2v) is 8.18. The molecule has 0 aliphatic carbocycles. The van der Waals surface area contributed by atoms with E-state index in [0.29, 0.717) is 23.7 Å². The molecule has 2 atom stereocenters. The number of hydrogen-bond donors (Lipinski definition) is 1. The molecule has 2 aromatic rings. The highest BCUT2D eigenvalue weighted by molar-refractivity contribution is 8.00. The Bertz CT molecular complexity index is 783. The Morgan fingerprint density at radius 2 is 1.74 bits per heavy atom. The quantitative estimate of drug-likeness (QED) is 0.793. The van der Waals surface area contributed by atoms with Crippen molar-refractivity contribution in [3.05, 3.63) is 70.7 Å². The lowest BCUT2D eigenvalue weighted by Crippen LogP contribution is -2.51. The maximum Gasteiger partial charge on any atom is 0.240 e. The van der Waals surface area contributed by atoms with Gasteiger partial charge in [-0.1, -0.05) is 54.1 Å². The van der Waals surface area contributed by atoms with Crippen LogP contribution in [-0.2, 0) is 9.59 Å². The third-order valence-corrected chi connectivity index (χ3v) is 6.34. The van der Waals surface area contributed by atoms with Crippen molar-refractivity contribution < 1.29 is 9.59 Å². The average Bonchev–Trinajstić information content (AvgIpc) is 2.70. The summed E-state index contributed by atoms with van der Waals surface area (Å²) in [7, 11) is 0. The van der Waals surface area contributed by atoms with Crippen molar-refractivity contribution in [2.45, 2.75) is 30.6 Å². The molecule has 1 fully saturated rings. The van der Waals surface area contributed by atoms with Crippen LogP contribution in [0.15, 0.2) is 54.6 Å². The van der Waals surface area contributed by atoms with Crippen LogP contribution in [0.3, 0.4) is 0 Å². The van der Waals surface area contributed by atoms with E-state index >= 15 is 0 Å². The van der Waals surface area contributed by atoms with Gasteiger partial charge in [0.1, 0.15) is 6.04 Å². The third-order valence-electron chi connectivity index (χ3n) is 4.80. The number of likely N-dealkylation sites (tertiary alicyclic amines) is 1. The van der Waals surface area contributed by atoms with Crippen LogP contribution in [0.1, 0.15) is 35.6 Å². The van der Waals surface area contributed by atoms with Gasteiger partial charge in [0, 0.05) is 11.6 Å². The Morgan fingerprint density at radius 1 is 1.07 bits per heavy atom. The van der Waals surface area contributed by atoms with Crippen LogP contribution >= 0.6 is 23.4 Å². The molecule has 27 heavy (non-hydrogen) atoms. The van der Waals surface area contributed by atoms with Gasteiger partial charge in [-0.2, -0.15) is 0 Å². The highest BCUT2D eigenvalue weighted by Crippen LogP contribution is 2.36. The minimum absolute atomic E-state index is 0.0178. The summed E-state index contributed by atoms with van der Waals surface area (Å²) < 4.78 is 0. The molecule has 0 aromatic heterocycles. The number of primary amides is 1. The maximum absolute atomic E-state index is 12.8. The van der Waals surface area contributed by atoms with E-state index < -0.39 is 11.9 Å². The molecular formula is C21H23ClN2O2S. The molecule has 3 rings (SSSR count). The van der Waals surface area contributed by atoms with Crippen LogP contribution in [0.4, 0.5) is 0 Å². The number of piperidine rings is 1. The number of hydrogen-bond acceptors (Lipinski definition) is 3. The molecule has 2 unspecified atom stereocenters. The zero-order valence-corrected chi connectivity index (χ0v) is 16.6. The normalized spacial score (nSPS) is 18.1. The van der Waals surface area contributed by atoms with E-state index in [4.69, 9.17) is 17.3 Å². The molecule has 142 valence electrons. The van der Waals surface area contributed by atoms with Crippen molar-refractivity contribution in [2.24, 2.45) is 5.73 Å². The molecule has 0 saturated carbocycles. The van der Waals surface area contributed by atoms with Crippen LogP contribution in [0, 0.1) is 0 Å². The van der Waals surface area contributed by atoms with E-state index in [2.05, 4.69) is 12.1 Å².